The topological polar surface area (TPSA) is 84.6 Å². The summed E-state index contributed by atoms with van der Waals surface area (Å²) in [5.41, 5.74) is 0.795. The Morgan fingerprint density at radius 3 is 2.77 bits per heavy atom. The van der Waals surface area contributed by atoms with Gasteiger partial charge in [0.05, 0.1) is 4.92 Å². The van der Waals surface area contributed by atoms with E-state index < -0.39 is 11.0 Å². The van der Waals surface area contributed by atoms with Gasteiger partial charge in [0.25, 0.3) is 0 Å². The van der Waals surface area contributed by atoms with Crippen molar-refractivity contribution in [3.63, 3.8) is 0 Å². The largest absolute Gasteiger partial charge is 0.491 e. The highest BCUT2D eigenvalue weighted by Gasteiger charge is 2.10. The van der Waals surface area contributed by atoms with Crippen LogP contribution in [0.1, 0.15) is 5.56 Å². The first-order chi connectivity index (χ1) is 10.5. The summed E-state index contributed by atoms with van der Waals surface area (Å²) in [6, 6.07) is 7.03. The standard InChI is InChI=1S/C14H15FN2O4S/c15-11-1-3-13(4-2-11)21-8-12(18)7-16-6-10-5-14(17(19)20)22-9-10/h1-5,9,12,16,18H,6-8H2. The van der Waals surface area contributed by atoms with Crippen molar-refractivity contribution in [3.05, 3.63) is 57.2 Å². The molecule has 0 aliphatic rings. The van der Waals surface area contributed by atoms with Crippen molar-refractivity contribution < 1.29 is 19.2 Å². The lowest BCUT2D eigenvalue weighted by Gasteiger charge is -2.13. The molecule has 0 spiro atoms. The summed E-state index contributed by atoms with van der Waals surface area (Å²) in [5.74, 6) is 0.133. The summed E-state index contributed by atoms with van der Waals surface area (Å²) >= 11 is 1.07. The maximum absolute atomic E-state index is 12.7. The molecule has 0 saturated heterocycles. The molecule has 1 aromatic carbocycles. The van der Waals surface area contributed by atoms with Crippen LogP contribution < -0.4 is 10.1 Å². The molecule has 0 aliphatic heterocycles. The van der Waals surface area contributed by atoms with E-state index in [0.29, 0.717) is 12.3 Å². The first-order valence-corrected chi connectivity index (χ1v) is 7.41. The molecule has 6 nitrogen and oxygen atoms in total. The maximum Gasteiger partial charge on any atom is 0.324 e. The Balaban J connectivity index is 1.67. The van der Waals surface area contributed by atoms with Crippen molar-refractivity contribution in [1.82, 2.24) is 5.32 Å². The zero-order valence-corrected chi connectivity index (χ0v) is 12.4. The number of halogens is 1. The van der Waals surface area contributed by atoms with Crippen LogP contribution in [-0.4, -0.2) is 29.3 Å². The van der Waals surface area contributed by atoms with Gasteiger partial charge in [-0.25, -0.2) is 4.39 Å². The van der Waals surface area contributed by atoms with E-state index in [4.69, 9.17) is 4.74 Å². The second-order valence-electron chi connectivity index (χ2n) is 4.60. The number of hydrogen-bond donors (Lipinski definition) is 2. The van der Waals surface area contributed by atoms with E-state index >= 15 is 0 Å². The summed E-state index contributed by atoms with van der Waals surface area (Å²) in [5, 5.41) is 25.1. The van der Waals surface area contributed by atoms with Crippen molar-refractivity contribution in [2.24, 2.45) is 0 Å². The second-order valence-corrected chi connectivity index (χ2v) is 5.49. The monoisotopic (exact) mass is 326 g/mol. The van der Waals surface area contributed by atoms with Crippen LogP contribution in [-0.2, 0) is 6.54 Å². The molecule has 1 aromatic heterocycles. The lowest BCUT2D eigenvalue weighted by Crippen LogP contribution is -2.31. The number of rotatable bonds is 8. The molecule has 22 heavy (non-hydrogen) atoms. The van der Waals surface area contributed by atoms with Gasteiger partial charge in [-0.05, 0) is 29.8 Å². The van der Waals surface area contributed by atoms with Crippen LogP contribution in [0.15, 0.2) is 35.7 Å². The highest BCUT2D eigenvalue weighted by molar-refractivity contribution is 7.13. The van der Waals surface area contributed by atoms with Gasteiger partial charge in [-0.3, -0.25) is 10.1 Å². The molecule has 118 valence electrons. The maximum atomic E-state index is 12.7. The van der Waals surface area contributed by atoms with Crippen LogP contribution in [0.5, 0.6) is 5.75 Å². The van der Waals surface area contributed by atoms with Crippen LogP contribution in [0.2, 0.25) is 0 Å². The third kappa shape index (κ3) is 5.06. The van der Waals surface area contributed by atoms with Gasteiger partial charge in [-0.15, -0.1) is 0 Å². The van der Waals surface area contributed by atoms with Gasteiger partial charge in [-0.1, -0.05) is 11.3 Å². The summed E-state index contributed by atoms with van der Waals surface area (Å²) < 4.78 is 18.0. The number of nitrogens with one attached hydrogen (secondary N) is 1. The predicted molar refractivity (Wildman–Crippen MR) is 80.6 cm³/mol. The number of benzene rings is 1. The van der Waals surface area contributed by atoms with Crippen LogP contribution in [0, 0.1) is 15.9 Å². The van der Waals surface area contributed by atoms with Crippen molar-refractivity contribution in [3.8, 4) is 5.75 Å². The molecule has 0 fully saturated rings. The molecular weight excluding hydrogens is 311 g/mol. The van der Waals surface area contributed by atoms with Crippen molar-refractivity contribution in [1.29, 1.82) is 0 Å². The Morgan fingerprint density at radius 1 is 1.41 bits per heavy atom. The number of thiophene rings is 1. The normalized spacial score (nSPS) is 12.1. The summed E-state index contributed by atoms with van der Waals surface area (Å²) in [4.78, 5) is 10.1. The Hall–Kier alpha value is -2.03. The van der Waals surface area contributed by atoms with Crippen LogP contribution in [0.25, 0.3) is 0 Å². The Labute approximate surface area is 130 Å². The lowest BCUT2D eigenvalue weighted by atomic mass is 10.3. The molecule has 1 atom stereocenters. The molecule has 0 radical (unpaired) electrons. The predicted octanol–water partition coefficient (Wildman–Crippen LogP) is 2.32. The number of nitro groups is 1. The molecular formula is C14H15FN2O4S. The van der Waals surface area contributed by atoms with Crippen LogP contribution >= 0.6 is 11.3 Å². The van der Waals surface area contributed by atoms with Gasteiger partial charge in [-0.2, -0.15) is 0 Å². The van der Waals surface area contributed by atoms with E-state index in [2.05, 4.69) is 5.32 Å². The second kappa shape index (κ2) is 7.83. The number of hydrogen-bond acceptors (Lipinski definition) is 6. The molecule has 0 bridgehead atoms. The fourth-order valence-corrected chi connectivity index (χ4v) is 2.45. The van der Waals surface area contributed by atoms with E-state index in [1.54, 1.807) is 5.38 Å². The molecule has 2 rings (SSSR count). The highest BCUT2D eigenvalue weighted by Crippen LogP contribution is 2.22. The van der Waals surface area contributed by atoms with Crippen LogP contribution in [0.4, 0.5) is 9.39 Å². The minimum Gasteiger partial charge on any atom is -0.491 e. The van der Waals surface area contributed by atoms with E-state index in [0.717, 1.165) is 16.9 Å². The zero-order valence-electron chi connectivity index (χ0n) is 11.6. The number of aliphatic hydroxyl groups is 1. The van der Waals surface area contributed by atoms with Crippen molar-refractivity contribution in [2.75, 3.05) is 13.2 Å². The number of ether oxygens (including phenoxy) is 1. The third-order valence-electron chi connectivity index (χ3n) is 2.78. The molecule has 0 amide bonds. The van der Waals surface area contributed by atoms with Crippen molar-refractivity contribution in [2.45, 2.75) is 12.6 Å². The van der Waals surface area contributed by atoms with Crippen molar-refractivity contribution >= 4 is 16.3 Å². The minimum atomic E-state index is -0.737. The Kier molecular flexibility index (Phi) is 5.82. The van der Waals surface area contributed by atoms with E-state index in [-0.39, 0.29) is 24.0 Å². The average Bonchev–Trinajstić information content (AvgIpc) is 2.96. The van der Waals surface area contributed by atoms with Gasteiger partial charge < -0.3 is 15.2 Å². The zero-order chi connectivity index (χ0) is 15.9. The Bertz CT molecular complexity index is 618. The number of nitrogens with zero attached hydrogens (tertiary/aromatic N) is 1. The molecule has 1 unspecified atom stereocenters. The van der Waals surface area contributed by atoms with E-state index in [9.17, 15) is 19.6 Å². The average molecular weight is 326 g/mol. The molecule has 0 saturated carbocycles. The molecule has 2 aromatic rings. The van der Waals surface area contributed by atoms with Gasteiger partial charge >= 0.3 is 5.00 Å². The SMILES string of the molecule is O=[N+]([O-])c1cc(CNCC(O)COc2ccc(F)cc2)cs1. The Morgan fingerprint density at radius 2 is 2.14 bits per heavy atom. The quantitative estimate of drug-likeness (QED) is 0.574. The lowest BCUT2D eigenvalue weighted by molar-refractivity contribution is -0.380. The number of aliphatic hydroxyl groups excluding tert-OH is 1. The van der Waals surface area contributed by atoms with Gasteiger partial charge in [0.1, 0.15) is 24.3 Å². The van der Waals surface area contributed by atoms with Gasteiger partial charge in [0, 0.05) is 24.5 Å². The molecule has 0 aliphatic carbocycles. The highest BCUT2D eigenvalue weighted by atomic mass is 32.1. The fraction of sp³-hybridized carbons (Fsp3) is 0.286. The minimum absolute atomic E-state index is 0.0718. The van der Waals surface area contributed by atoms with E-state index in [1.165, 1.54) is 30.3 Å². The van der Waals surface area contributed by atoms with E-state index in [1.807, 2.05) is 0 Å². The van der Waals surface area contributed by atoms with Gasteiger partial charge in [0.2, 0.25) is 0 Å². The molecule has 1 heterocycles. The summed E-state index contributed by atoms with van der Waals surface area (Å²) in [7, 11) is 0. The third-order valence-corrected chi connectivity index (χ3v) is 3.71. The fourth-order valence-electron chi connectivity index (χ4n) is 1.72. The van der Waals surface area contributed by atoms with Crippen LogP contribution in [0.3, 0.4) is 0 Å². The summed E-state index contributed by atoms with van der Waals surface area (Å²) in [6.45, 7) is 0.783. The first-order valence-electron chi connectivity index (χ1n) is 6.53. The summed E-state index contributed by atoms with van der Waals surface area (Å²) in [6.07, 6.45) is -0.737. The first kappa shape index (κ1) is 16.3. The molecule has 2 N–H and O–H groups in total. The smallest absolute Gasteiger partial charge is 0.324 e. The molecule has 8 heteroatoms. The van der Waals surface area contributed by atoms with Gasteiger partial charge in [0.15, 0.2) is 0 Å².